The first-order valence-electron chi connectivity index (χ1n) is 5.57. The molecule has 1 aromatic heterocycles. The highest BCUT2D eigenvalue weighted by atomic mass is 79.9. The van der Waals surface area contributed by atoms with Gasteiger partial charge in [-0.1, -0.05) is 13.8 Å². The highest BCUT2D eigenvalue weighted by Gasteiger charge is 2.26. The van der Waals surface area contributed by atoms with Gasteiger partial charge in [0.25, 0.3) is 5.91 Å². The maximum atomic E-state index is 11.8. The van der Waals surface area contributed by atoms with Crippen molar-refractivity contribution in [3.05, 3.63) is 22.8 Å². The fourth-order valence-corrected chi connectivity index (χ4v) is 1.97. The summed E-state index contributed by atoms with van der Waals surface area (Å²) in [6, 6.07) is 3.63. The number of nitrogens with zero attached hydrogens (tertiary/aromatic N) is 3. The van der Waals surface area contributed by atoms with Crippen molar-refractivity contribution in [1.82, 2.24) is 4.98 Å². The first kappa shape index (κ1) is 12.2. The average Bonchev–Trinajstić information content (AvgIpc) is 2.59. The van der Waals surface area contributed by atoms with Crippen LogP contribution in [-0.4, -0.2) is 16.6 Å². The zero-order valence-electron chi connectivity index (χ0n) is 9.85. The van der Waals surface area contributed by atoms with Crippen LogP contribution in [0.25, 0.3) is 0 Å². The van der Waals surface area contributed by atoms with Crippen molar-refractivity contribution in [1.29, 1.82) is 0 Å². The Morgan fingerprint density at radius 1 is 1.47 bits per heavy atom. The van der Waals surface area contributed by atoms with E-state index >= 15 is 0 Å². The molecular formula is C12H14BrN3O. The Morgan fingerprint density at radius 2 is 2.24 bits per heavy atom. The van der Waals surface area contributed by atoms with Crippen molar-refractivity contribution in [3.8, 4) is 0 Å². The number of hydrazone groups is 1. The molecule has 0 saturated heterocycles. The van der Waals surface area contributed by atoms with E-state index in [1.165, 1.54) is 5.01 Å². The summed E-state index contributed by atoms with van der Waals surface area (Å²) in [5.74, 6) is 1.09. The van der Waals surface area contributed by atoms with E-state index in [2.05, 4.69) is 39.9 Å². The third-order valence-electron chi connectivity index (χ3n) is 2.41. The van der Waals surface area contributed by atoms with Gasteiger partial charge < -0.3 is 0 Å². The predicted molar refractivity (Wildman–Crippen MR) is 70.9 cm³/mol. The molecule has 0 fully saturated rings. The van der Waals surface area contributed by atoms with E-state index in [9.17, 15) is 4.79 Å². The number of aromatic nitrogens is 1. The Balaban J connectivity index is 2.18. The summed E-state index contributed by atoms with van der Waals surface area (Å²) in [7, 11) is 0. The molecule has 0 radical (unpaired) electrons. The normalized spacial score (nSPS) is 15.6. The maximum Gasteiger partial charge on any atom is 0.254 e. The molecule has 2 heterocycles. The predicted octanol–water partition coefficient (Wildman–Crippen LogP) is 2.98. The van der Waals surface area contributed by atoms with Crippen LogP contribution < -0.4 is 5.01 Å². The smallest absolute Gasteiger partial charge is 0.254 e. The molecule has 0 aliphatic carbocycles. The molecule has 0 atom stereocenters. The molecule has 5 heteroatoms. The minimum atomic E-state index is -0.00419. The summed E-state index contributed by atoms with van der Waals surface area (Å²) in [6.07, 6.45) is 2.94. The zero-order chi connectivity index (χ0) is 12.4. The third-order valence-corrected chi connectivity index (χ3v) is 2.87. The summed E-state index contributed by atoms with van der Waals surface area (Å²) >= 11 is 3.31. The number of pyridine rings is 1. The summed E-state index contributed by atoms with van der Waals surface area (Å²) < 4.78 is 0.888. The highest BCUT2D eigenvalue weighted by molar-refractivity contribution is 9.10. The Labute approximate surface area is 109 Å². The van der Waals surface area contributed by atoms with E-state index in [1.54, 1.807) is 12.3 Å². The van der Waals surface area contributed by atoms with Gasteiger partial charge in [0, 0.05) is 16.4 Å². The van der Waals surface area contributed by atoms with Gasteiger partial charge in [-0.3, -0.25) is 4.79 Å². The molecule has 4 nitrogen and oxygen atoms in total. The van der Waals surface area contributed by atoms with Crippen LogP contribution in [0, 0.1) is 5.92 Å². The molecule has 2 rings (SSSR count). The fraction of sp³-hybridized carbons (Fsp3) is 0.417. The van der Waals surface area contributed by atoms with Crippen LogP contribution in [0.3, 0.4) is 0 Å². The number of amides is 1. The molecule has 0 spiro atoms. The first-order valence-corrected chi connectivity index (χ1v) is 6.36. The van der Waals surface area contributed by atoms with Gasteiger partial charge in [-0.2, -0.15) is 10.1 Å². The Bertz CT molecular complexity index is 453. The molecule has 0 bridgehead atoms. The van der Waals surface area contributed by atoms with Crippen LogP contribution in [0.15, 0.2) is 27.9 Å². The van der Waals surface area contributed by atoms with Crippen LogP contribution in [0.5, 0.6) is 0 Å². The topological polar surface area (TPSA) is 45.6 Å². The van der Waals surface area contributed by atoms with Crippen LogP contribution >= 0.6 is 15.9 Å². The van der Waals surface area contributed by atoms with Gasteiger partial charge >= 0.3 is 0 Å². The second-order valence-corrected chi connectivity index (χ2v) is 5.40. The van der Waals surface area contributed by atoms with E-state index in [0.717, 1.165) is 16.6 Å². The molecule has 1 aliphatic heterocycles. The second kappa shape index (κ2) is 4.96. The minimum Gasteiger partial charge on any atom is -0.272 e. The van der Waals surface area contributed by atoms with Crippen LogP contribution in [-0.2, 0) is 4.79 Å². The van der Waals surface area contributed by atoms with E-state index < -0.39 is 0 Å². The largest absolute Gasteiger partial charge is 0.272 e. The third kappa shape index (κ3) is 2.91. The lowest BCUT2D eigenvalue weighted by Gasteiger charge is -2.09. The summed E-state index contributed by atoms with van der Waals surface area (Å²) in [5.41, 5.74) is 0.940. The van der Waals surface area contributed by atoms with Gasteiger partial charge in [0.1, 0.15) is 0 Å². The van der Waals surface area contributed by atoms with Gasteiger partial charge in [-0.15, -0.1) is 0 Å². The molecule has 1 amide bonds. The monoisotopic (exact) mass is 295 g/mol. The quantitative estimate of drug-likeness (QED) is 0.860. The number of carbonyl (C=O) groups excluding carboxylic acids is 1. The van der Waals surface area contributed by atoms with E-state index in [1.807, 2.05) is 6.07 Å². The molecule has 0 N–H and O–H groups in total. The maximum absolute atomic E-state index is 11.8. The van der Waals surface area contributed by atoms with E-state index in [-0.39, 0.29) is 5.91 Å². The van der Waals surface area contributed by atoms with Crippen molar-refractivity contribution >= 4 is 33.4 Å². The van der Waals surface area contributed by atoms with Crippen molar-refractivity contribution in [3.63, 3.8) is 0 Å². The summed E-state index contributed by atoms with van der Waals surface area (Å²) in [4.78, 5) is 16.0. The number of rotatable bonds is 3. The lowest BCUT2D eigenvalue weighted by Crippen LogP contribution is -2.20. The zero-order valence-corrected chi connectivity index (χ0v) is 11.4. The van der Waals surface area contributed by atoms with Crippen molar-refractivity contribution in [2.24, 2.45) is 11.0 Å². The Kier molecular flexibility index (Phi) is 3.57. The van der Waals surface area contributed by atoms with Crippen molar-refractivity contribution < 1.29 is 4.79 Å². The molecule has 90 valence electrons. The number of hydrogen-bond donors (Lipinski definition) is 0. The Hall–Kier alpha value is -1.23. The minimum absolute atomic E-state index is 0.00419. The van der Waals surface area contributed by atoms with E-state index in [4.69, 9.17) is 0 Å². The number of halogens is 1. The molecule has 0 unspecified atom stereocenters. The molecule has 1 aromatic rings. The van der Waals surface area contributed by atoms with Gasteiger partial charge in [0.05, 0.1) is 6.42 Å². The molecule has 1 aliphatic rings. The van der Waals surface area contributed by atoms with Crippen LogP contribution in [0.4, 0.5) is 5.82 Å². The second-order valence-electron chi connectivity index (χ2n) is 4.48. The molecular weight excluding hydrogens is 282 g/mol. The van der Waals surface area contributed by atoms with Crippen LogP contribution in [0.1, 0.15) is 26.7 Å². The summed E-state index contributed by atoms with van der Waals surface area (Å²) in [6.45, 7) is 4.24. The van der Waals surface area contributed by atoms with Gasteiger partial charge in [-0.25, -0.2) is 4.98 Å². The molecule has 0 aromatic carbocycles. The lowest BCUT2D eigenvalue weighted by molar-refractivity contribution is -0.116. The van der Waals surface area contributed by atoms with Gasteiger partial charge in [0.15, 0.2) is 5.82 Å². The number of anilines is 1. The van der Waals surface area contributed by atoms with Gasteiger partial charge in [-0.05, 0) is 40.4 Å². The number of hydrogen-bond acceptors (Lipinski definition) is 3. The van der Waals surface area contributed by atoms with E-state index in [0.29, 0.717) is 18.2 Å². The highest BCUT2D eigenvalue weighted by Crippen LogP contribution is 2.21. The lowest BCUT2D eigenvalue weighted by atomic mass is 10.1. The van der Waals surface area contributed by atoms with Crippen molar-refractivity contribution in [2.45, 2.75) is 26.7 Å². The molecule has 0 saturated carbocycles. The summed E-state index contributed by atoms with van der Waals surface area (Å²) in [5, 5.41) is 5.72. The van der Waals surface area contributed by atoms with Crippen LogP contribution in [0.2, 0.25) is 0 Å². The standard InChI is InChI=1S/C12H14BrN3O/c1-8(2)5-10-6-12(17)16(15-10)11-4-3-9(13)7-14-11/h3-4,7-8H,5-6H2,1-2H3. The Morgan fingerprint density at radius 3 is 2.82 bits per heavy atom. The SMILES string of the molecule is CC(C)CC1=NN(c2ccc(Br)cn2)C(=O)C1. The first-order chi connectivity index (χ1) is 8.06. The average molecular weight is 296 g/mol. The molecule has 17 heavy (non-hydrogen) atoms. The fourth-order valence-electron chi connectivity index (χ4n) is 1.74. The number of carbonyl (C=O) groups is 1. The van der Waals surface area contributed by atoms with Crippen molar-refractivity contribution in [2.75, 3.05) is 5.01 Å². The van der Waals surface area contributed by atoms with Gasteiger partial charge in [0.2, 0.25) is 0 Å².